The summed E-state index contributed by atoms with van der Waals surface area (Å²) >= 11 is 6.61. The monoisotopic (exact) mass is 514 g/mol. The Kier molecular flexibility index (Phi) is 6.86. The first-order valence-electron chi connectivity index (χ1n) is 12.1. The molecule has 0 aliphatic rings. The van der Waals surface area contributed by atoms with Crippen LogP contribution in [-0.4, -0.2) is 43.1 Å². The van der Waals surface area contributed by atoms with E-state index in [9.17, 15) is 4.79 Å². The number of nitrogens with zero attached hydrogens (tertiary/aromatic N) is 5. The third kappa shape index (κ3) is 5.30. The van der Waals surface area contributed by atoms with E-state index in [1.807, 2.05) is 54.6 Å². The third-order valence-electron chi connectivity index (χ3n) is 6.21. The van der Waals surface area contributed by atoms with E-state index >= 15 is 0 Å². The quantitative estimate of drug-likeness (QED) is 0.285. The average molecular weight is 515 g/mol. The Morgan fingerprint density at radius 3 is 2.73 bits per heavy atom. The minimum atomic E-state index is -0.822. The summed E-state index contributed by atoms with van der Waals surface area (Å²) in [7, 11) is 0. The van der Waals surface area contributed by atoms with Crippen LogP contribution in [0, 0.1) is 0 Å². The standard InChI is InChI=1S/C28H27ClN6O2/c1-4-37-27(36)28(2,3)31-16-21-9-8-20(15-22(21)29)24-11-12-25-26(32-24)35(34-33-25)17-18-7-10-23-19(14-18)6-5-13-30-23/h5-15,31H,4,16-17H2,1-3H3. The minimum Gasteiger partial charge on any atom is -0.465 e. The van der Waals surface area contributed by atoms with Crippen LogP contribution in [0.5, 0.6) is 0 Å². The van der Waals surface area contributed by atoms with Gasteiger partial charge in [-0.15, -0.1) is 5.10 Å². The van der Waals surface area contributed by atoms with Crippen molar-refractivity contribution in [3.05, 3.63) is 83.0 Å². The van der Waals surface area contributed by atoms with Crippen molar-refractivity contribution in [2.75, 3.05) is 6.61 Å². The van der Waals surface area contributed by atoms with Crippen LogP contribution in [-0.2, 0) is 22.6 Å². The van der Waals surface area contributed by atoms with Crippen LogP contribution in [0.1, 0.15) is 31.9 Å². The first-order chi connectivity index (χ1) is 17.8. The highest BCUT2D eigenvalue weighted by molar-refractivity contribution is 6.31. The Morgan fingerprint density at radius 1 is 1.08 bits per heavy atom. The van der Waals surface area contributed by atoms with Crippen molar-refractivity contribution in [2.45, 2.75) is 39.4 Å². The van der Waals surface area contributed by atoms with Gasteiger partial charge in [0.25, 0.3) is 0 Å². The second kappa shape index (κ2) is 10.2. The first-order valence-corrected chi connectivity index (χ1v) is 12.5. The number of rotatable bonds is 8. The Morgan fingerprint density at radius 2 is 1.92 bits per heavy atom. The van der Waals surface area contributed by atoms with Crippen LogP contribution in [0.4, 0.5) is 0 Å². The molecule has 1 N–H and O–H groups in total. The predicted octanol–water partition coefficient (Wildman–Crippen LogP) is 5.17. The highest BCUT2D eigenvalue weighted by Crippen LogP contribution is 2.26. The number of pyridine rings is 2. The molecule has 2 aromatic carbocycles. The van der Waals surface area contributed by atoms with Gasteiger partial charge in [-0.1, -0.05) is 41.1 Å². The van der Waals surface area contributed by atoms with Crippen molar-refractivity contribution in [3.8, 4) is 11.3 Å². The molecule has 0 bridgehead atoms. The summed E-state index contributed by atoms with van der Waals surface area (Å²) < 4.78 is 6.94. The maximum atomic E-state index is 12.2. The van der Waals surface area contributed by atoms with Gasteiger partial charge in [-0.25, -0.2) is 9.67 Å². The maximum Gasteiger partial charge on any atom is 0.325 e. The molecular weight excluding hydrogens is 488 g/mol. The Balaban J connectivity index is 1.37. The molecule has 8 nitrogen and oxygen atoms in total. The van der Waals surface area contributed by atoms with E-state index in [1.54, 1.807) is 31.6 Å². The number of esters is 1. The van der Waals surface area contributed by atoms with Gasteiger partial charge in [-0.05, 0) is 68.3 Å². The highest BCUT2D eigenvalue weighted by atomic mass is 35.5. The molecule has 0 aliphatic heterocycles. The molecule has 0 atom stereocenters. The number of hydrogen-bond acceptors (Lipinski definition) is 7. The Hall–Kier alpha value is -3.88. The summed E-state index contributed by atoms with van der Waals surface area (Å²) in [5.41, 5.74) is 5.16. The van der Waals surface area contributed by atoms with Gasteiger partial charge in [-0.2, -0.15) is 0 Å². The Bertz CT molecular complexity index is 1600. The largest absolute Gasteiger partial charge is 0.465 e. The number of aromatic nitrogens is 5. The molecule has 0 radical (unpaired) electrons. The summed E-state index contributed by atoms with van der Waals surface area (Å²) in [4.78, 5) is 21.4. The first kappa shape index (κ1) is 24.8. The number of fused-ring (bicyclic) bond motifs is 2. The molecule has 0 unspecified atom stereocenters. The van der Waals surface area contributed by atoms with Gasteiger partial charge in [0, 0.05) is 28.7 Å². The van der Waals surface area contributed by atoms with Crippen molar-refractivity contribution < 1.29 is 9.53 Å². The number of hydrogen-bond donors (Lipinski definition) is 1. The van der Waals surface area contributed by atoms with Crippen LogP contribution < -0.4 is 5.32 Å². The lowest BCUT2D eigenvalue weighted by atomic mass is 10.0. The van der Waals surface area contributed by atoms with Gasteiger partial charge in [0.15, 0.2) is 5.65 Å². The number of halogens is 1. The molecule has 9 heteroatoms. The summed E-state index contributed by atoms with van der Waals surface area (Å²) in [6.07, 6.45) is 1.79. The normalized spacial score (nSPS) is 11.8. The number of ether oxygens (including phenoxy) is 1. The zero-order chi connectivity index (χ0) is 26.0. The molecule has 0 fully saturated rings. The van der Waals surface area contributed by atoms with Gasteiger partial charge >= 0.3 is 5.97 Å². The SMILES string of the molecule is CCOC(=O)C(C)(C)NCc1ccc(-c2ccc3nnn(Cc4ccc5ncccc5c4)c3n2)cc1Cl. The second-order valence-corrected chi connectivity index (χ2v) is 9.73. The van der Waals surface area contributed by atoms with E-state index in [-0.39, 0.29) is 5.97 Å². The van der Waals surface area contributed by atoms with Crippen molar-refractivity contribution in [2.24, 2.45) is 0 Å². The smallest absolute Gasteiger partial charge is 0.325 e. The molecule has 0 amide bonds. The van der Waals surface area contributed by atoms with Crippen molar-refractivity contribution >= 4 is 39.6 Å². The average Bonchev–Trinajstić information content (AvgIpc) is 3.30. The van der Waals surface area contributed by atoms with Crippen molar-refractivity contribution in [3.63, 3.8) is 0 Å². The van der Waals surface area contributed by atoms with Crippen LogP contribution in [0.25, 0.3) is 33.3 Å². The number of carbonyl (C=O) groups excluding carboxylic acids is 1. The summed E-state index contributed by atoms with van der Waals surface area (Å²) in [6.45, 7) is 6.68. The maximum absolute atomic E-state index is 12.2. The number of benzene rings is 2. The van der Waals surface area contributed by atoms with Crippen LogP contribution in [0.15, 0.2) is 66.9 Å². The van der Waals surface area contributed by atoms with E-state index in [2.05, 4.69) is 26.7 Å². The summed E-state index contributed by atoms with van der Waals surface area (Å²) in [6, 6.07) is 19.8. The lowest BCUT2D eigenvalue weighted by Gasteiger charge is -2.24. The summed E-state index contributed by atoms with van der Waals surface area (Å²) in [5.74, 6) is -0.300. The van der Waals surface area contributed by atoms with Crippen LogP contribution in [0.3, 0.4) is 0 Å². The van der Waals surface area contributed by atoms with Crippen molar-refractivity contribution in [1.82, 2.24) is 30.3 Å². The predicted molar refractivity (Wildman–Crippen MR) is 144 cm³/mol. The minimum absolute atomic E-state index is 0.300. The molecule has 0 aliphatic carbocycles. The topological polar surface area (TPSA) is 94.8 Å². The van der Waals surface area contributed by atoms with Gasteiger partial charge in [0.05, 0.1) is 24.4 Å². The van der Waals surface area contributed by atoms with Crippen molar-refractivity contribution in [1.29, 1.82) is 0 Å². The summed E-state index contributed by atoms with van der Waals surface area (Å²) in [5, 5.41) is 13.5. The molecular formula is C28H27ClN6O2. The molecule has 0 saturated carbocycles. The molecule has 5 aromatic rings. The molecule has 37 heavy (non-hydrogen) atoms. The lowest BCUT2D eigenvalue weighted by molar-refractivity contribution is -0.149. The molecule has 0 saturated heterocycles. The molecule has 5 rings (SSSR count). The number of carbonyl (C=O) groups is 1. The Labute approximate surface area is 219 Å². The zero-order valence-corrected chi connectivity index (χ0v) is 21.7. The van der Waals surface area contributed by atoms with Gasteiger partial charge in [0.1, 0.15) is 11.1 Å². The zero-order valence-electron chi connectivity index (χ0n) is 20.9. The van der Waals surface area contributed by atoms with E-state index in [1.165, 1.54) is 0 Å². The molecule has 0 spiro atoms. The van der Waals surface area contributed by atoms with Gasteiger partial charge in [0.2, 0.25) is 0 Å². The van der Waals surface area contributed by atoms with Gasteiger partial charge < -0.3 is 4.74 Å². The highest BCUT2D eigenvalue weighted by Gasteiger charge is 2.28. The van der Waals surface area contributed by atoms with Crippen LogP contribution in [0.2, 0.25) is 5.02 Å². The molecule has 188 valence electrons. The molecule has 3 heterocycles. The van der Waals surface area contributed by atoms with E-state index in [0.29, 0.717) is 30.4 Å². The fourth-order valence-electron chi connectivity index (χ4n) is 4.07. The second-order valence-electron chi connectivity index (χ2n) is 9.32. The van der Waals surface area contributed by atoms with E-state index in [4.69, 9.17) is 21.3 Å². The molecule has 3 aromatic heterocycles. The fourth-order valence-corrected chi connectivity index (χ4v) is 4.31. The fraction of sp³-hybridized carbons (Fsp3) is 0.250. The van der Waals surface area contributed by atoms with Crippen LogP contribution >= 0.6 is 11.6 Å². The third-order valence-corrected chi connectivity index (χ3v) is 6.57. The van der Waals surface area contributed by atoms with E-state index in [0.717, 1.165) is 38.8 Å². The van der Waals surface area contributed by atoms with E-state index < -0.39 is 5.54 Å². The number of nitrogens with one attached hydrogen (secondary N) is 1. The van der Waals surface area contributed by atoms with Gasteiger partial charge in [-0.3, -0.25) is 15.1 Å². The lowest BCUT2D eigenvalue weighted by Crippen LogP contribution is -2.47.